The van der Waals surface area contributed by atoms with Crippen LogP contribution in [0.5, 0.6) is 0 Å². The molecule has 1 spiro atoms. The van der Waals surface area contributed by atoms with Crippen LogP contribution < -0.4 is 10.2 Å². The molecule has 0 atom stereocenters. The van der Waals surface area contributed by atoms with Gasteiger partial charge < -0.3 is 10.4 Å². The molecule has 1 fully saturated rings. The highest BCUT2D eigenvalue weighted by Crippen LogP contribution is 2.52. The summed E-state index contributed by atoms with van der Waals surface area (Å²) < 4.78 is 0. The van der Waals surface area contributed by atoms with Crippen molar-refractivity contribution >= 4 is 17.7 Å². The molecule has 1 aromatic rings. The monoisotopic (exact) mass is 274 g/mol. The molecule has 0 saturated heterocycles. The maximum absolute atomic E-state index is 12.2. The average Bonchev–Trinajstić information content (AvgIpc) is 2.73. The number of benzene rings is 1. The van der Waals surface area contributed by atoms with Crippen molar-refractivity contribution in [1.29, 1.82) is 0 Å². The fourth-order valence-corrected chi connectivity index (χ4v) is 3.21. The van der Waals surface area contributed by atoms with Gasteiger partial charge in [0.15, 0.2) is 0 Å². The second-order valence-electron chi connectivity index (χ2n) is 5.61. The number of carbonyl (C=O) groups excluding carboxylic acids is 1. The Morgan fingerprint density at radius 1 is 1.30 bits per heavy atom. The topological polar surface area (TPSA) is 69.6 Å². The second-order valence-corrected chi connectivity index (χ2v) is 5.61. The third-order valence-corrected chi connectivity index (χ3v) is 4.40. The molecule has 2 N–H and O–H groups in total. The molecule has 0 bridgehead atoms. The third-order valence-electron chi connectivity index (χ3n) is 4.40. The molecular formula is C15H18N2O3. The molecule has 1 aliphatic heterocycles. The first-order chi connectivity index (χ1) is 9.62. The van der Waals surface area contributed by atoms with Gasteiger partial charge in [0.25, 0.3) is 0 Å². The van der Waals surface area contributed by atoms with Crippen LogP contribution in [-0.4, -0.2) is 30.2 Å². The minimum absolute atomic E-state index is 0.0492. The minimum atomic E-state index is -0.900. The normalized spacial score (nSPS) is 18.5. The van der Waals surface area contributed by atoms with Crippen LogP contribution in [0.4, 0.5) is 10.5 Å². The predicted octanol–water partition coefficient (Wildman–Crippen LogP) is 2.11. The molecule has 2 aliphatic rings. The fourth-order valence-electron chi connectivity index (χ4n) is 3.21. The van der Waals surface area contributed by atoms with Crippen LogP contribution in [0.25, 0.3) is 0 Å². The smallest absolute Gasteiger partial charge is 0.321 e. The lowest BCUT2D eigenvalue weighted by Gasteiger charge is -2.38. The number of para-hydroxylation sites is 1. The van der Waals surface area contributed by atoms with Crippen molar-refractivity contribution in [2.75, 3.05) is 18.0 Å². The van der Waals surface area contributed by atoms with Gasteiger partial charge in [-0.15, -0.1) is 0 Å². The van der Waals surface area contributed by atoms with Gasteiger partial charge in [-0.2, -0.15) is 0 Å². The van der Waals surface area contributed by atoms with E-state index in [2.05, 4.69) is 11.4 Å². The first kappa shape index (κ1) is 13.0. The Labute approximate surface area is 117 Å². The van der Waals surface area contributed by atoms with Gasteiger partial charge in [-0.25, -0.2) is 4.79 Å². The van der Waals surface area contributed by atoms with Crippen LogP contribution in [0, 0.1) is 0 Å². The molecule has 1 aromatic carbocycles. The Morgan fingerprint density at radius 3 is 2.70 bits per heavy atom. The van der Waals surface area contributed by atoms with Crippen LogP contribution in [0.1, 0.15) is 31.2 Å². The van der Waals surface area contributed by atoms with E-state index in [1.165, 1.54) is 12.0 Å². The fraction of sp³-hybridized carbons (Fsp3) is 0.467. The molecule has 5 heteroatoms. The Morgan fingerprint density at radius 2 is 2.05 bits per heavy atom. The van der Waals surface area contributed by atoms with Crippen molar-refractivity contribution in [2.45, 2.75) is 31.1 Å². The number of aliphatic carboxylic acids is 1. The van der Waals surface area contributed by atoms with Crippen LogP contribution in [0.2, 0.25) is 0 Å². The van der Waals surface area contributed by atoms with E-state index in [9.17, 15) is 9.59 Å². The summed E-state index contributed by atoms with van der Waals surface area (Å²) in [5.41, 5.74) is 2.38. The third kappa shape index (κ3) is 2.03. The number of anilines is 1. The minimum Gasteiger partial charge on any atom is -0.481 e. The predicted molar refractivity (Wildman–Crippen MR) is 75.0 cm³/mol. The molecule has 0 radical (unpaired) electrons. The van der Waals surface area contributed by atoms with Crippen molar-refractivity contribution < 1.29 is 14.7 Å². The lowest BCUT2D eigenvalue weighted by atomic mass is 9.66. The highest BCUT2D eigenvalue weighted by atomic mass is 16.4. The van der Waals surface area contributed by atoms with Gasteiger partial charge in [0, 0.05) is 24.2 Å². The number of carboxylic acid groups (broad SMARTS) is 1. The summed E-state index contributed by atoms with van der Waals surface area (Å²) in [4.78, 5) is 24.5. The number of nitrogens with one attached hydrogen (secondary N) is 1. The maximum atomic E-state index is 12.2. The summed E-state index contributed by atoms with van der Waals surface area (Å²) in [6, 6.07) is 7.85. The average molecular weight is 274 g/mol. The zero-order valence-electron chi connectivity index (χ0n) is 11.3. The van der Waals surface area contributed by atoms with E-state index in [4.69, 9.17) is 5.11 Å². The quantitative estimate of drug-likeness (QED) is 0.887. The number of hydrogen-bond donors (Lipinski definition) is 2. The van der Waals surface area contributed by atoms with E-state index < -0.39 is 5.97 Å². The Hall–Kier alpha value is -2.04. The van der Waals surface area contributed by atoms with E-state index in [1.54, 1.807) is 4.90 Å². The Kier molecular flexibility index (Phi) is 3.12. The summed E-state index contributed by atoms with van der Waals surface area (Å²) in [6.07, 6.45) is 3.42. The van der Waals surface area contributed by atoms with Gasteiger partial charge in [0.1, 0.15) is 0 Å². The van der Waals surface area contributed by atoms with Gasteiger partial charge in [-0.05, 0) is 24.5 Å². The molecule has 2 amide bonds. The molecule has 3 rings (SSSR count). The highest BCUT2D eigenvalue weighted by Gasteiger charge is 2.48. The van der Waals surface area contributed by atoms with E-state index in [0.717, 1.165) is 18.5 Å². The van der Waals surface area contributed by atoms with Crippen LogP contribution >= 0.6 is 0 Å². The first-order valence-corrected chi connectivity index (χ1v) is 6.99. The van der Waals surface area contributed by atoms with Gasteiger partial charge >= 0.3 is 12.0 Å². The maximum Gasteiger partial charge on any atom is 0.321 e. The van der Waals surface area contributed by atoms with E-state index >= 15 is 0 Å². The number of carbonyl (C=O) groups is 2. The van der Waals surface area contributed by atoms with E-state index in [-0.39, 0.29) is 24.4 Å². The highest BCUT2D eigenvalue weighted by molar-refractivity contribution is 5.95. The molecule has 106 valence electrons. The molecular weight excluding hydrogens is 256 g/mol. The molecule has 20 heavy (non-hydrogen) atoms. The number of rotatable bonds is 3. The molecule has 1 heterocycles. The zero-order chi connectivity index (χ0) is 14.2. The molecule has 0 aromatic heterocycles. The van der Waals surface area contributed by atoms with Crippen molar-refractivity contribution in [3.8, 4) is 0 Å². The van der Waals surface area contributed by atoms with Gasteiger partial charge in [0.05, 0.1) is 6.42 Å². The van der Waals surface area contributed by atoms with Gasteiger partial charge in [-0.3, -0.25) is 9.69 Å². The van der Waals surface area contributed by atoms with Gasteiger partial charge in [0.2, 0.25) is 0 Å². The standard InChI is InChI=1S/C15H18N2O3/c18-13(19)6-9-16-14(20)17-10-15(7-3-8-15)11-4-1-2-5-12(11)17/h1-2,4-5H,3,6-10H2,(H,16,20)(H,18,19). The summed E-state index contributed by atoms with van der Waals surface area (Å²) >= 11 is 0. The molecule has 1 saturated carbocycles. The number of carboxylic acids is 1. The van der Waals surface area contributed by atoms with Crippen LogP contribution in [0.3, 0.4) is 0 Å². The number of fused-ring (bicyclic) bond motifs is 2. The largest absolute Gasteiger partial charge is 0.481 e. The summed E-state index contributed by atoms with van der Waals surface area (Å²) in [7, 11) is 0. The second kappa shape index (κ2) is 4.81. The Bertz CT molecular complexity index is 552. The molecule has 1 aliphatic carbocycles. The molecule has 5 nitrogen and oxygen atoms in total. The van der Waals surface area contributed by atoms with Crippen molar-refractivity contribution in [2.24, 2.45) is 0 Å². The van der Waals surface area contributed by atoms with Crippen molar-refractivity contribution in [3.05, 3.63) is 29.8 Å². The van der Waals surface area contributed by atoms with Crippen molar-refractivity contribution in [1.82, 2.24) is 5.32 Å². The summed E-state index contributed by atoms with van der Waals surface area (Å²) in [6.45, 7) is 0.880. The first-order valence-electron chi connectivity index (χ1n) is 6.99. The van der Waals surface area contributed by atoms with E-state index in [0.29, 0.717) is 6.54 Å². The van der Waals surface area contributed by atoms with Gasteiger partial charge in [-0.1, -0.05) is 24.6 Å². The van der Waals surface area contributed by atoms with Crippen LogP contribution in [0.15, 0.2) is 24.3 Å². The van der Waals surface area contributed by atoms with Crippen molar-refractivity contribution in [3.63, 3.8) is 0 Å². The number of hydrogen-bond acceptors (Lipinski definition) is 2. The summed E-state index contributed by atoms with van der Waals surface area (Å²) in [5, 5.41) is 11.3. The lowest BCUT2D eigenvalue weighted by Crippen LogP contribution is -2.45. The van der Waals surface area contributed by atoms with E-state index in [1.807, 2.05) is 18.2 Å². The number of amides is 2. The SMILES string of the molecule is O=C(O)CCNC(=O)N1CC2(CCC2)c2ccccc21. The number of nitrogens with zero attached hydrogens (tertiary/aromatic N) is 1. The number of urea groups is 1. The Balaban J connectivity index is 1.75. The summed E-state index contributed by atoms with van der Waals surface area (Å²) in [5.74, 6) is -0.900. The molecule has 0 unspecified atom stereocenters. The lowest BCUT2D eigenvalue weighted by molar-refractivity contribution is -0.136. The van der Waals surface area contributed by atoms with Crippen LogP contribution in [-0.2, 0) is 10.2 Å². The zero-order valence-corrected chi connectivity index (χ0v) is 11.3.